The van der Waals surface area contributed by atoms with Crippen LogP contribution in [0.4, 0.5) is 4.11 Å². The molecule has 5 atom stereocenters. The molecule has 1 heterocycles. The van der Waals surface area contributed by atoms with Gasteiger partial charge < -0.3 is 66.2 Å². The zero-order valence-electron chi connectivity index (χ0n) is 57.5. The summed E-state index contributed by atoms with van der Waals surface area (Å²) in [5.74, 6) is -17.0. The summed E-state index contributed by atoms with van der Waals surface area (Å²) in [4.78, 5) is 180. The average Bonchev–Trinajstić information content (AvgIpc) is 0.749. The number of carboxylic acid groups (broad SMARTS) is 8. The van der Waals surface area contributed by atoms with Gasteiger partial charge in [0.1, 0.15) is 17.9 Å². The topological polar surface area (TPSA) is 462 Å². The summed E-state index contributed by atoms with van der Waals surface area (Å²) in [6, 6.07) is 3.05. The first kappa shape index (κ1) is 86.3. The van der Waals surface area contributed by atoms with E-state index in [1.54, 1.807) is 17.0 Å². The summed E-state index contributed by atoms with van der Waals surface area (Å²) in [5, 5.41) is 87.3. The first-order valence-corrected chi connectivity index (χ1v) is 35.4. The molecular formula is C66H105FN8O22Si. The average molecular weight is 1410 g/mol. The van der Waals surface area contributed by atoms with Crippen molar-refractivity contribution in [3.05, 3.63) is 29.8 Å². The molecule has 0 radical (unpaired) electrons. The predicted octanol–water partition coefficient (Wildman–Crippen LogP) is 3.52. The van der Waals surface area contributed by atoms with Crippen LogP contribution in [-0.4, -0.2) is 256 Å². The molecule has 4 amide bonds. The van der Waals surface area contributed by atoms with Crippen molar-refractivity contribution in [2.75, 3.05) is 91.6 Å². The van der Waals surface area contributed by atoms with Crippen molar-refractivity contribution >= 4 is 96.5 Å². The number of nitrogens with zero attached hydrogens (tertiary/aromatic N) is 4. The molecule has 0 saturated carbocycles. The van der Waals surface area contributed by atoms with Crippen molar-refractivity contribution in [1.82, 2.24) is 40.9 Å². The highest BCUT2D eigenvalue weighted by molar-refractivity contribution is 6.90. The number of ketones is 2. The van der Waals surface area contributed by atoms with Gasteiger partial charge in [-0.1, -0.05) is 79.4 Å². The first-order chi connectivity index (χ1) is 45.8. The third-order valence-electron chi connectivity index (χ3n) is 17.4. The fourth-order valence-corrected chi connectivity index (χ4v) is 16.7. The molecule has 1 fully saturated rings. The second-order valence-corrected chi connectivity index (χ2v) is 32.2. The number of hydrogen-bond acceptors (Lipinski definition) is 18. The fourth-order valence-electron chi connectivity index (χ4n) is 12.1. The van der Waals surface area contributed by atoms with E-state index in [1.807, 2.05) is 41.5 Å². The lowest BCUT2D eigenvalue weighted by Crippen LogP contribution is -2.57. The second kappa shape index (κ2) is 43.6. The number of hydrogen-bond donors (Lipinski definition) is 12. The number of carbonyl (C=O) groups is 14. The molecule has 1 saturated heterocycles. The number of unbranched alkanes of at least 4 members (excludes halogenated alkanes) is 5. The van der Waals surface area contributed by atoms with Gasteiger partial charge in [0.2, 0.25) is 17.7 Å². The molecule has 2 rings (SSSR count). The van der Waals surface area contributed by atoms with Gasteiger partial charge in [0.05, 0.1) is 37.4 Å². The van der Waals surface area contributed by atoms with Crippen molar-refractivity contribution in [3.8, 4) is 0 Å². The van der Waals surface area contributed by atoms with E-state index >= 15 is 4.11 Å². The Bertz CT molecular complexity index is 2810. The molecule has 552 valence electrons. The number of amides is 4. The molecule has 0 aromatic heterocycles. The Morgan fingerprint density at radius 3 is 1.24 bits per heavy atom. The predicted molar refractivity (Wildman–Crippen MR) is 357 cm³/mol. The highest BCUT2D eigenvalue weighted by Gasteiger charge is 2.56. The lowest BCUT2D eigenvalue weighted by atomic mass is 9.90. The van der Waals surface area contributed by atoms with E-state index in [0.29, 0.717) is 50.1 Å². The van der Waals surface area contributed by atoms with Crippen molar-refractivity contribution < 1.29 is 112 Å². The number of carboxylic acids is 8. The zero-order valence-corrected chi connectivity index (χ0v) is 58.5. The Hall–Kier alpha value is -7.81. The van der Waals surface area contributed by atoms with E-state index < -0.39 is 178 Å². The molecule has 98 heavy (non-hydrogen) atoms. The van der Waals surface area contributed by atoms with Crippen LogP contribution < -0.4 is 26.5 Å². The van der Waals surface area contributed by atoms with E-state index in [0.717, 1.165) is 0 Å². The minimum atomic E-state index is -3.73. The lowest BCUT2D eigenvalue weighted by molar-refractivity contribution is -0.146. The molecule has 1 aromatic rings. The SMILES string of the molecule is CC(C)(C)[Si](F)(c1ccc(C(=O)NC[C@@H](NC(=O)CC[C@H](C(=O)O)N2CCN(CC(=O)O)CCN(CC(=O)O)CCN(CC(=O)O)CC2)C(=O)C[C@H](CCCCNC(=O)CCCCCCC(=O)NCCCC[C@H](CC(=O)C[C@@H](CCC(=O)O)C(=O)O)C(=O)O)C(=O)O)cc1)C(C)(C)C. The number of rotatable bonds is 46. The molecule has 0 bridgehead atoms. The number of benzene rings is 1. The Labute approximate surface area is 572 Å². The number of Topliss-reactive ketones (excluding diaryl/α,β-unsaturated/α-hetero) is 2. The van der Waals surface area contributed by atoms with Crippen molar-refractivity contribution in [3.63, 3.8) is 0 Å². The first-order valence-electron chi connectivity index (χ1n) is 33.5. The third-order valence-corrected chi connectivity index (χ3v) is 22.7. The summed E-state index contributed by atoms with van der Waals surface area (Å²) in [7, 11) is -3.73. The highest BCUT2D eigenvalue weighted by Crippen LogP contribution is 2.51. The van der Waals surface area contributed by atoms with Crippen molar-refractivity contribution in [2.45, 2.75) is 186 Å². The third kappa shape index (κ3) is 33.2. The lowest BCUT2D eigenvalue weighted by Gasteiger charge is -2.44. The van der Waals surface area contributed by atoms with Gasteiger partial charge in [0, 0.05) is 123 Å². The maximum atomic E-state index is 17.1. The molecule has 0 spiro atoms. The van der Waals surface area contributed by atoms with Gasteiger partial charge in [0.15, 0.2) is 5.78 Å². The van der Waals surface area contributed by atoms with Crippen LogP contribution in [0.5, 0.6) is 0 Å². The molecule has 30 nitrogen and oxygen atoms in total. The maximum absolute atomic E-state index is 17.1. The van der Waals surface area contributed by atoms with Gasteiger partial charge in [-0.05, 0) is 78.8 Å². The van der Waals surface area contributed by atoms with E-state index in [-0.39, 0.29) is 128 Å². The zero-order chi connectivity index (χ0) is 73.9. The molecule has 32 heteroatoms. The Kier molecular flexibility index (Phi) is 38.3. The maximum Gasteiger partial charge on any atom is 0.320 e. The van der Waals surface area contributed by atoms with Crippen LogP contribution >= 0.6 is 0 Å². The summed E-state index contributed by atoms with van der Waals surface area (Å²) >= 11 is 0. The highest BCUT2D eigenvalue weighted by atomic mass is 28.4. The molecule has 0 unspecified atom stereocenters. The number of aliphatic carboxylic acids is 8. The van der Waals surface area contributed by atoms with Crippen molar-refractivity contribution in [2.24, 2.45) is 17.8 Å². The van der Waals surface area contributed by atoms with Crippen LogP contribution in [0.2, 0.25) is 10.1 Å². The second-order valence-electron chi connectivity index (χ2n) is 27.3. The standard InChI is InChI=1S/C66H105FN8O22Si/c1-65(2,3)98(67,66(4,5)6)49-22-19-44(20-23-49)60(89)70-40-50(71-55(80)25-24-51(64(96)97)75-35-33-73(42-58(85)86)31-29-72(41-57(83)84)30-32-74(34-36-75)43-59(87)88)52(77)39-46(62(92)93)16-12-14-28-69-54(79)18-10-8-7-9-17-53(78)68-27-13-11-15-45(61(90)91)37-48(76)38-47(63(94)95)21-26-56(81)82/h19-20,22-23,45-47,50-51H,7-18,21,24-43H2,1-6H3,(H,68,78)(H,69,79)(H,70,89)(H,71,80)(H,81,82)(H,83,84)(H,85,86)(H,87,88)(H,90,91)(H,92,93)(H,94,95)(H,96,97)/t45-,46+,47-,50-,51-/m1/s1. The molecular weight excluding hydrogens is 1300 g/mol. The van der Waals surface area contributed by atoms with Crippen LogP contribution in [0.15, 0.2) is 24.3 Å². The van der Waals surface area contributed by atoms with Crippen LogP contribution in [-0.2, 0) is 62.3 Å². The number of halogens is 1. The Morgan fingerprint density at radius 2 is 0.857 bits per heavy atom. The smallest absolute Gasteiger partial charge is 0.320 e. The van der Waals surface area contributed by atoms with Gasteiger partial charge in [0.25, 0.3) is 14.3 Å². The van der Waals surface area contributed by atoms with E-state index in [2.05, 4.69) is 21.3 Å². The van der Waals surface area contributed by atoms with E-state index in [9.17, 15) is 103 Å². The number of carbonyl (C=O) groups excluding carboxylic acids is 6. The summed E-state index contributed by atoms with van der Waals surface area (Å²) in [5.41, 5.74) is 0.0947. The number of nitrogens with one attached hydrogen (secondary N) is 4. The van der Waals surface area contributed by atoms with Gasteiger partial charge in [-0.3, -0.25) is 86.7 Å². The molecule has 1 aliphatic heterocycles. The van der Waals surface area contributed by atoms with Gasteiger partial charge in [-0.25, -0.2) is 0 Å². The van der Waals surface area contributed by atoms with Crippen LogP contribution in [0.25, 0.3) is 0 Å². The minimum Gasteiger partial charge on any atom is -0.481 e. The van der Waals surface area contributed by atoms with Crippen LogP contribution in [0, 0.1) is 17.8 Å². The largest absolute Gasteiger partial charge is 0.481 e. The monoisotopic (exact) mass is 1410 g/mol. The Balaban J connectivity index is 2.09. The molecule has 1 aromatic carbocycles. The Morgan fingerprint density at radius 1 is 0.449 bits per heavy atom. The van der Waals surface area contributed by atoms with Crippen LogP contribution in [0.3, 0.4) is 0 Å². The van der Waals surface area contributed by atoms with Crippen LogP contribution in [0.1, 0.15) is 174 Å². The van der Waals surface area contributed by atoms with Crippen molar-refractivity contribution in [1.29, 1.82) is 0 Å². The summed E-state index contributed by atoms with van der Waals surface area (Å²) < 4.78 is 17.1. The van der Waals surface area contributed by atoms with Gasteiger partial charge >= 0.3 is 47.8 Å². The van der Waals surface area contributed by atoms with Gasteiger partial charge in [-0.2, -0.15) is 0 Å². The minimum absolute atomic E-state index is 0.0198. The molecule has 12 N–H and O–H groups in total. The van der Waals surface area contributed by atoms with Gasteiger partial charge in [-0.15, -0.1) is 0 Å². The summed E-state index contributed by atoms with van der Waals surface area (Å²) in [6.45, 7) is 9.63. The van der Waals surface area contributed by atoms with E-state index in [4.69, 9.17) is 5.11 Å². The normalized spacial score (nSPS) is 15.7. The quantitative estimate of drug-likeness (QED) is 0.0252. The molecule has 0 aliphatic carbocycles. The molecule has 1 aliphatic rings. The summed E-state index contributed by atoms with van der Waals surface area (Å²) in [6.07, 6.45) is 1.12. The fraction of sp³-hybridized carbons (Fsp3) is 0.697. The van der Waals surface area contributed by atoms with E-state index in [1.165, 1.54) is 26.8 Å².